The molecule has 1 fully saturated rings. The zero-order chi connectivity index (χ0) is 16.1. The molecule has 2 heterocycles. The molecule has 2 unspecified atom stereocenters. The number of benzene rings is 1. The summed E-state index contributed by atoms with van der Waals surface area (Å²) in [5.74, 6) is 1.73. The van der Waals surface area contributed by atoms with E-state index in [2.05, 4.69) is 22.0 Å². The van der Waals surface area contributed by atoms with Crippen LogP contribution in [0.1, 0.15) is 24.7 Å². The van der Waals surface area contributed by atoms with E-state index in [-0.39, 0.29) is 12.1 Å². The molecule has 23 heavy (non-hydrogen) atoms. The summed E-state index contributed by atoms with van der Waals surface area (Å²) >= 11 is 0. The molecule has 1 saturated heterocycles. The van der Waals surface area contributed by atoms with Crippen LogP contribution >= 0.6 is 0 Å². The van der Waals surface area contributed by atoms with Crippen LogP contribution in [0, 0.1) is 0 Å². The summed E-state index contributed by atoms with van der Waals surface area (Å²) < 4.78 is 5.56. The van der Waals surface area contributed by atoms with Gasteiger partial charge in [0.2, 0.25) is 0 Å². The molecule has 5 nitrogen and oxygen atoms in total. The van der Waals surface area contributed by atoms with Gasteiger partial charge in [-0.25, -0.2) is 9.97 Å². The normalized spacial score (nSPS) is 19.6. The Labute approximate surface area is 137 Å². The molecule has 0 saturated carbocycles. The van der Waals surface area contributed by atoms with Crippen LogP contribution in [0.3, 0.4) is 0 Å². The SMILES string of the molecule is CC(O)CC1COCCN1c1ccnc(Cc2ccccc2)n1. The summed E-state index contributed by atoms with van der Waals surface area (Å²) in [4.78, 5) is 11.4. The smallest absolute Gasteiger partial charge is 0.135 e. The Kier molecular flexibility index (Phi) is 5.20. The van der Waals surface area contributed by atoms with Crippen LogP contribution < -0.4 is 4.90 Å². The first-order valence-corrected chi connectivity index (χ1v) is 8.10. The second kappa shape index (κ2) is 7.53. The summed E-state index contributed by atoms with van der Waals surface area (Å²) in [6.07, 6.45) is 2.86. The Morgan fingerprint density at radius 1 is 1.30 bits per heavy atom. The van der Waals surface area contributed by atoms with Crippen molar-refractivity contribution in [3.05, 3.63) is 54.0 Å². The van der Waals surface area contributed by atoms with Crippen molar-refractivity contribution in [1.29, 1.82) is 0 Å². The Bertz CT molecular complexity index is 619. The molecular formula is C18H23N3O2. The summed E-state index contributed by atoms with van der Waals surface area (Å²) in [5, 5.41) is 9.70. The van der Waals surface area contributed by atoms with Gasteiger partial charge in [-0.05, 0) is 25.0 Å². The summed E-state index contributed by atoms with van der Waals surface area (Å²) in [5.41, 5.74) is 1.20. The molecule has 2 aromatic rings. The highest BCUT2D eigenvalue weighted by Gasteiger charge is 2.25. The third kappa shape index (κ3) is 4.27. The number of aliphatic hydroxyl groups excluding tert-OH is 1. The van der Waals surface area contributed by atoms with Crippen LogP contribution in [0.25, 0.3) is 0 Å². The molecule has 1 aliphatic heterocycles. The lowest BCUT2D eigenvalue weighted by Crippen LogP contribution is -2.47. The highest BCUT2D eigenvalue weighted by atomic mass is 16.5. The van der Waals surface area contributed by atoms with Gasteiger partial charge in [-0.15, -0.1) is 0 Å². The van der Waals surface area contributed by atoms with Gasteiger partial charge in [0, 0.05) is 19.2 Å². The van der Waals surface area contributed by atoms with Crippen LogP contribution in [0.2, 0.25) is 0 Å². The van der Waals surface area contributed by atoms with Crippen molar-refractivity contribution >= 4 is 5.82 Å². The number of aliphatic hydroxyl groups is 1. The monoisotopic (exact) mass is 313 g/mol. The van der Waals surface area contributed by atoms with Crippen molar-refractivity contribution in [1.82, 2.24) is 9.97 Å². The van der Waals surface area contributed by atoms with Crippen molar-refractivity contribution in [2.75, 3.05) is 24.7 Å². The average Bonchev–Trinajstić information content (AvgIpc) is 2.56. The van der Waals surface area contributed by atoms with Gasteiger partial charge in [-0.1, -0.05) is 30.3 Å². The Morgan fingerprint density at radius 3 is 2.91 bits per heavy atom. The Balaban J connectivity index is 1.77. The third-order valence-corrected chi connectivity index (χ3v) is 4.03. The van der Waals surface area contributed by atoms with Gasteiger partial charge in [0.1, 0.15) is 11.6 Å². The van der Waals surface area contributed by atoms with Gasteiger partial charge in [-0.3, -0.25) is 0 Å². The summed E-state index contributed by atoms with van der Waals surface area (Å²) in [6, 6.07) is 12.3. The maximum absolute atomic E-state index is 9.70. The predicted octanol–water partition coefficient (Wildman–Crippen LogP) is 2.04. The van der Waals surface area contributed by atoms with E-state index in [9.17, 15) is 5.11 Å². The number of nitrogens with zero attached hydrogens (tertiary/aromatic N) is 3. The van der Waals surface area contributed by atoms with E-state index in [1.165, 1.54) is 5.56 Å². The van der Waals surface area contributed by atoms with E-state index >= 15 is 0 Å². The van der Waals surface area contributed by atoms with E-state index in [1.54, 1.807) is 0 Å². The van der Waals surface area contributed by atoms with Gasteiger partial charge in [-0.2, -0.15) is 0 Å². The van der Waals surface area contributed by atoms with E-state index in [4.69, 9.17) is 9.72 Å². The molecule has 0 amide bonds. The van der Waals surface area contributed by atoms with E-state index in [1.807, 2.05) is 37.4 Å². The number of ether oxygens (including phenoxy) is 1. The molecule has 1 N–H and O–H groups in total. The minimum absolute atomic E-state index is 0.156. The fraction of sp³-hybridized carbons (Fsp3) is 0.444. The quantitative estimate of drug-likeness (QED) is 0.915. The van der Waals surface area contributed by atoms with Crippen LogP contribution in [0.5, 0.6) is 0 Å². The summed E-state index contributed by atoms with van der Waals surface area (Å²) in [6.45, 7) is 3.92. The molecule has 1 aliphatic rings. The van der Waals surface area contributed by atoms with Crippen molar-refractivity contribution < 1.29 is 9.84 Å². The molecule has 122 valence electrons. The molecule has 0 aliphatic carbocycles. The molecule has 5 heteroatoms. The fourth-order valence-corrected chi connectivity index (χ4v) is 2.96. The van der Waals surface area contributed by atoms with E-state index in [0.29, 0.717) is 19.6 Å². The highest BCUT2D eigenvalue weighted by molar-refractivity contribution is 5.40. The maximum atomic E-state index is 9.70. The molecule has 3 rings (SSSR count). The van der Waals surface area contributed by atoms with Gasteiger partial charge < -0.3 is 14.7 Å². The number of morpholine rings is 1. The Morgan fingerprint density at radius 2 is 2.13 bits per heavy atom. The second-order valence-corrected chi connectivity index (χ2v) is 6.00. The topological polar surface area (TPSA) is 58.5 Å². The standard InChI is InChI=1S/C18H23N3O2/c1-14(22)11-16-13-23-10-9-21(16)18-7-8-19-17(20-18)12-15-5-3-2-4-6-15/h2-8,14,16,22H,9-13H2,1H3. The predicted molar refractivity (Wildman–Crippen MR) is 89.5 cm³/mol. The van der Waals surface area contributed by atoms with Gasteiger partial charge in [0.05, 0.1) is 25.4 Å². The van der Waals surface area contributed by atoms with Gasteiger partial charge >= 0.3 is 0 Å². The van der Waals surface area contributed by atoms with Crippen molar-refractivity contribution in [3.8, 4) is 0 Å². The zero-order valence-corrected chi connectivity index (χ0v) is 13.4. The molecule has 1 aromatic carbocycles. The minimum atomic E-state index is -0.352. The molecule has 2 atom stereocenters. The number of hydrogen-bond donors (Lipinski definition) is 1. The first-order chi connectivity index (χ1) is 11.2. The van der Waals surface area contributed by atoms with Crippen molar-refractivity contribution in [2.24, 2.45) is 0 Å². The minimum Gasteiger partial charge on any atom is -0.393 e. The molecule has 0 bridgehead atoms. The van der Waals surface area contributed by atoms with Gasteiger partial charge in [0.25, 0.3) is 0 Å². The lowest BCUT2D eigenvalue weighted by molar-refractivity contribution is 0.0717. The average molecular weight is 313 g/mol. The molecule has 0 spiro atoms. The first-order valence-electron chi connectivity index (χ1n) is 8.10. The largest absolute Gasteiger partial charge is 0.393 e. The first kappa shape index (κ1) is 15.9. The Hall–Kier alpha value is -1.98. The number of aromatic nitrogens is 2. The molecular weight excluding hydrogens is 290 g/mol. The lowest BCUT2D eigenvalue weighted by atomic mass is 10.1. The van der Waals surface area contributed by atoms with Crippen LogP contribution in [-0.2, 0) is 11.2 Å². The van der Waals surface area contributed by atoms with E-state index < -0.39 is 0 Å². The molecule has 0 radical (unpaired) electrons. The van der Waals surface area contributed by atoms with E-state index in [0.717, 1.165) is 24.6 Å². The maximum Gasteiger partial charge on any atom is 0.135 e. The van der Waals surface area contributed by atoms with Crippen LogP contribution in [0.15, 0.2) is 42.6 Å². The number of rotatable bonds is 5. The second-order valence-electron chi connectivity index (χ2n) is 6.00. The van der Waals surface area contributed by atoms with Crippen molar-refractivity contribution in [2.45, 2.75) is 31.9 Å². The highest BCUT2D eigenvalue weighted by Crippen LogP contribution is 2.20. The van der Waals surface area contributed by atoms with Gasteiger partial charge in [0.15, 0.2) is 0 Å². The summed E-state index contributed by atoms with van der Waals surface area (Å²) in [7, 11) is 0. The van der Waals surface area contributed by atoms with Crippen molar-refractivity contribution in [3.63, 3.8) is 0 Å². The molecule has 1 aromatic heterocycles. The third-order valence-electron chi connectivity index (χ3n) is 4.03. The van der Waals surface area contributed by atoms with Crippen LogP contribution in [-0.4, -0.2) is 47.0 Å². The number of hydrogen-bond acceptors (Lipinski definition) is 5. The fourth-order valence-electron chi connectivity index (χ4n) is 2.96. The zero-order valence-electron chi connectivity index (χ0n) is 13.4. The van der Waals surface area contributed by atoms with Crippen LogP contribution in [0.4, 0.5) is 5.82 Å². The lowest BCUT2D eigenvalue weighted by Gasteiger charge is -2.37. The number of anilines is 1.